The minimum atomic E-state index is 0.155. The van der Waals surface area contributed by atoms with Gasteiger partial charge in [0.1, 0.15) is 0 Å². The van der Waals surface area contributed by atoms with Crippen LogP contribution < -0.4 is 19.5 Å². The molecule has 4 nitrogen and oxygen atoms in total. The van der Waals surface area contributed by atoms with Crippen molar-refractivity contribution in [2.24, 2.45) is 5.92 Å². The molecular formula is C25H25NO3. The van der Waals surface area contributed by atoms with Gasteiger partial charge in [0, 0.05) is 17.0 Å². The van der Waals surface area contributed by atoms with Crippen LogP contribution in [-0.2, 0) is 0 Å². The number of rotatable bonds is 4. The number of nitrogens with one attached hydrogen (secondary N) is 1. The molecule has 0 fully saturated rings. The van der Waals surface area contributed by atoms with Crippen molar-refractivity contribution in [3.63, 3.8) is 0 Å². The Bertz CT molecular complexity index is 1080. The smallest absolute Gasteiger partial charge is 0.203 e. The third kappa shape index (κ3) is 2.74. The monoisotopic (exact) mass is 387 g/mol. The number of hydrogen-bond donors (Lipinski definition) is 1. The Morgan fingerprint density at radius 3 is 2.38 bits per heavy atom. The molecule has 29 heavy (non-hydrogen) atoms. The molecule has 5 rings (SSSR count). The van der Waals surface area contributed by atoms with E-state index in [1.165, 1.54) is 22.0 Å². The van der Waals surface area contributed by atoms with E-state index >= 15 is 0 Å². The molecule has 0 saturated carbocycles. The molecule has 3 atom stereocenters. The van der Waals surface area contributed by atoms with Gasteiger partial charge in [-0.25, -0.2) is 0 Å². The van der Waals surface area contributed by atoms with Gasteiger partial charge < -0.3 is 19.5 Å². The molecule has 0 amide bonds. The summed E-state index contributed by atoms with van der Waals surface area (Å²) in [4.78, 5) is 0. The second-order valence-electron chi connectivity index (χ2n) is 7.69. The normalized spacial score (nSPS) is 22.0. The van der Waals surface area contributed by atoms with Crippen LogP contribution in [-0.4, -0.2) is 21.3 Å². The highest BCUT2D eigenvalue weighted by molar-refractivity contribution is 5.96. The van der Waals surface area contributed by atoms with Crippen LogP contribution in [0.3, 0.4) is 0 Å². The Morgan fingerprint density at radius 2 is 1.66 bits per heavy atom. The maximum absolute atomic E-state index is 5.61. The fourth-order valence-electron chi connectivity index (χ4n) is 4.95. The lowest BCUT2D eigenvalue weighted by atomic mass is 9.76. The number of fused-ring (bicyclic) bond motifs is 5. The first-order chi connectivity index (χ1) is 14.2. The highest BCUT2D eigenvalue weighted by Gasteiger charge is 2.39. The molecular weight excluding hydrogens is 362 g/mol. The summed E-state index contributed by atoms with van der Waals surface area (Å²) in [5.41, 5.74) is 3.76. The molecule has 3 aromatic carbocycles. The van der Waals surface area contributed by atoms with E-state index in [2.05, 4.69) is 66.0 Å². The quantitative estimate of drug-likeness (QED) is 0.584. The van der Waals surface area contributed by atoms with Crippen molar-refractivity contribution in [3.05, 3.63) is 71.8 Å². The SMILES string of the molecule is COc1cc([C@@H]2Nc3c(ccc4ccccc34)[C@@H]3C=CC[C@H]32)cc(OC)c1OC. The zero-order valence-electron chi connectivity index (χ0n) is 16.9. The van der Waals surface area contributed by atoms with E-state index < -0.39 is 0 Å². The zero-order chi connectivity index (χ0) is 20.0. The summed E-state index contributed by atoms with van der Waals surface area (Å²) in [5, 5.41) is 6.39. The van der Waals surface area contributed by atoms with Crippen molar-refractivity contribution in [3.8, 4) is 17.2 Å². The van der Waals surface area contributed by atoms with Gasteiger partial charge in [-0.3, -0.25) is 0 Å². The van der Waals surface area contributed by atoms with Crippen molar-refractivity contribution >= 4 is 16.5 Å². The average molecular weight is 387 g/mol. The van der Waals surface area contributed by atoms with Gasteiger partial charge in [-0.2, -0.15) is 0 Å². The Morgan fingerprint density at radius 1 is 0.897 bits per heavy atom. The van der Waals surface area contributed by atoms with Crippen molar-refractivity contribution in [2.75, 3.05) is 26.6 Å². The van der Waals surface area contributed by atoms with Gasteiger partial charge in [0.2, 0.25) is 5.75 Å². The Kier molecular flexibility index (Phi) is 4.35. The predicted molar refractivity (Wildman–Crippen MR) is 116 cm³/mol. The second kappa shape index (κ2) is 7.03. The lowest BCUT2D eigenvalue weighted by Gasteiger charge is -2.38. The maximum atomic E-state index is 5.61. The average Bonchev–Trinajstić information content (AvgIpc) is 3.27. The minimum Gasteiger partial charge on any atom is -0.493 e. The molecule has 0 saturated heterocycles. The van der Waals surface area contributed by atoms with Crippen LogP contribution in [0, 0.1) is 5.92 Å². The molecule has 0 spiro atoms. The zero-order valence-corrected chi connectivity index (χ0v) is 16.9. The second-order valence-corrected chi connectivity index (χ2v) is 7.69. The molecule has 1 aliphatic carbocycles. The predicted octanol–water partition coefficient (Wildman–Crippen LogP) is 5.69. The third-order valence-electron chi connectivity index (χ3n) is 6.31. The molecule has 4 heteroatoms. The molecule has 1 N–H and O–H groups in total. The van der Waals surface area contributed by atoms with E-state index in [4.69, 9.17) is 14.2 Å². The lowest BCUT2D eigenvalue weighted by molar-refractivity contribution is 0.322. The number of hydrogen-bond acceptors (Lipinski definition) is 4. The highest BCUT2D eigenvalue weighted by atomic mass is 16.5. The minimum absolute atomic E-state index is 0.155. The van der Waals surface area contributed by atoms with Gasteiger partial charge >= 0.3 is 0 Å². The molecule has 0 radical (unpaired) electrons. The standard InChI is InChI=1S/C25H25NO3/c1-27-21-13-16(14-22(28-2)25(21)29-3)23-19-10-6-9-18(19)20-12-11-15-7-4-5-8-17(15)24(20)26-23/h4-9,11-14,18-19,23,26H,10H2,1-3H3/t18-,19-,23+/m1/s1. The van der Waals surface area contributed by atoms with Crippen LogP contribution in [0.25, 0.3) is 10.8 Å². The molecule has 2 aliphatic rings. The Hall–Kier alpha value is -3.14. The summed E-state index contributed by atoms with van der Waals surface area (Å²) in [5.74, 6) is 2.86. The van der Waals surface area contributed by atoms with E-state index in [9.17, 15) is 0 Å². The largest absolute Gasteiger partial charge is 0.493 e. The topological polar surface area (TPSA) is 39.7 Å². The van der Waals surface area contributed by atoms with Crippen molar-refractivity contribution < 1.29 is 14.2 Å². The molecule has 1 heterocycles. The fourth-order valence-corrected chi connectivity index (χ4v) is 4.95. The molecule has 148 valence electrons. The van der Waals surface area contributed by atoms with E-state index in [0.717, 1.165) is 12.0 Å². The number of anilines is 1. The molecule has 1 aliphatic heterocycles. The number of benzene rings is 3. The summed E-state index contributed by atoms with van der Waals surface area (Å²) in [6, 6.07) is 17.4. The van der Waals surface area contributed by atoms with Gasteiger partial charge in [-0.15, -0.1) is 0 Å². The highest BCUT2D eigenvalue weighted by Crippen LogP contribution is 2.53. The molecule has 0 aromatic heterocycles. The van der Waals surface area contributed by atoms with Crippen molar-refractivity contribution in [2.45, 2.75) is 18.4 Å². The van der Waals surface area contributed by atoms with Gasteiger partial charge in [0.25, 0.3) is 0 Å². The van der Waals surface area contributed by atoms with Crippen LogP contribution in [0.2, 0.25) is 0 Å². The summed E-state index contributed by atoms with van der Waals surface area (Å²) in [6.07, 6.45) is 5.72. The maximum Gasteiger partial charge on any atom is 0.203 e. The molecule has 0 unspecified atom stereocenters. The van der Waals surface area contributed by atoms with E-state index in [0.29, 0.717) is 29.1 Å². The van der Waals surface area contributed by atoms with E-state index in [1.807, 2.05) is 0 Å². The van der Waals surface area contributed by atoms with Gasteiger partial charge in [0.15, 0.2) is 11.5 Å². The number of methoxy groups -OCH3 is 3. The van der Waals surface area contributed by atoms with E-state index in [1.54, 1.807) is 21.3 Å². The lowest BCUT2D eigenvalue weighted by Crippen LogP contribution is -2.29. The fraction of sp³-hybridized carbons (Fsp3) is 0.280. The first kappa shape index (κ1) is 17.9. The first-order valence-electron chi connectivity index (χ1n) is 10.00. The Balaban J connectivity index is 1.67. The third-order valence-corrected chi connectivity index (χ3v) is 6.31. The van der Waals surface area contributed by atoms with Crippen molar-refractivity contribution in [1.29, 1.82) is 0 Å². The van der Waals surface area contributed by atoms with Crippen LogP contribution in [0.5, 0.6) is 17.2 Å². The van der Waals surface area contributed by atoms with Crippen LogP contribution in [0.4, 0.5) is 5.69 Å². The van der Waals surface area contributed by atoms with Crippen LogP contribution in [0.15, 0.2) is 60.7 Å². The number of ether oxygens (including phenoxy) is 3. The van der Waals surface area contributed by atoms with Gasteiger partial charge in [0.05, 0.1) is 27.4 Å². The van der Waals surface area contributed by atoms with Gasteiger partial charge in [-0.05, 0) is 41.0 Å². The summed E-state index contributed by atoms with van der Waals surface area (Å²) in [7, 11) is 4.97. The Labute approximate surface area is 171 Å². The summed E-state index contributed by atoms with van der Waals surface area (Å²) >= 11 is 0. The first-order valence-corrected chi connectivity index (χ1v) is 10.00. The van der Waals surface area contributed by atoms with Crippen LogP contribution in [0.1, 0.15) is 29.5 Å². The van der Waals surface area contributed by atoms with Crippen LogP contribution >= 0.6 is 0 Å². The summed E-state index contributed by atoms with van der Waals surface area (Å²) < 4.78 is 16.7. The van der Waals surface area contributed by atoms with Crippen molar-refractivity contribution in [1.82, 2.24) is 0 Å². The number of allylic oxidation sites excluding steroid dienone is 2. The molecule has 0 bridgehead atoms. The summed E-state index contributed by atoms with van der Waals surface area (Å²) in [6.45, 7) is 0. The van der Waals surface area contributed by atoms with E-state index in [-0.39, 0.29) is 6.04 Å². The molecule has 3 aromatic rings. The van der Waals surface area contributed by atoms with Gasteiger partial charge in [-0.1, -0.05) is 48.6 Å².